The van der Waals surface area contributed by atoms with Crippen LogP contribution in [0.1, 0.15) is 22.2 Å². The first-order chi connectivity index (χ1) is 12.0. The molecule has 1 aromatic carbocycles. The Bertz CT molecular complexity index is 743. The van der Waals surface area contributed by atoms with Crippen LogP contribution in [0.2, 0.25) is 0 Å². The zero-order valence-electron chi connectivity index (χ0n) is 14.2. The molecule has 0 spiro atoms. The maximum Gasteiger partial charge on any atom is 0.337 e. The summed E-state index contributed by atoms with van der Waals surface area (Å²) in [6.45, 7) is 2.08. The molecule has 2 amide bonds. The quantitative estimate of drug-likeness (QED) is 0.769. The molecule has 0 saturated heterocycles. The van der Waals surface area contributed by atoms with Crippen LogP contribution < -0.4 is 10.2 Å². The number of nitrogens with zero attached hydrogens (tertiary/aromatic N) is 1. The van der Waals surface area contributed by atoms with Gasteiger partial charge >= 0.3 is 5.97 Å². The Morgan fingerprint density at radius 1 is 1.20 bits per heavy atom. The molecule has 6 nitrogen and oxygen atoms in total. The van der Waals surface area contributed by atoms with Gasteiger partial charge in [0, 0.05) is 30.6 Å². The molecule has 7 heteroatoms. The van der Waals surface area contributed by atoms with E-state index in [0.717, 1.165) is 4.88 Å². The van der Waals surface area contributed by atoms with Gasteiger partial charge in [-0.15, -0.1) is 11.3 Å². The van der Waals surface area contributed by atoms with Gasteiger partial charge in [0.25, 0.3) is 0 Å². The van der Waals surface area contributed by atoms with Crippen molar-refractivity contribution in [2.45, 2.75) is 13.3 Å². The summed E-state index contributed by atoms with van der Waals surface area (Å²) in [6.07, 6.45) is 0.329. The number of anilines is 1. The second kappa shape index (κ2) is 8.98. The van der Waals surface area contributed by atoms with Gasteiger partial charge < -0.3 is 15.0 Å². The predicted molar refractivity (Wildman–Crippen MR) is 96.8 cm³/mol. The molecular weight excluding hydrogens is 340 g/mol. The minimum Gasteiger partial charge on any atom is -0.465 e. The zero-order chi connectivity index (χ0) is 18.2. The summed E-state index contributed by atoms with van der Waals surface area (Å²) >= 11 is 1.53. The van der Waals surface area contributed by atoms with Crippen molar-refractivity contribution < 1.29 is 19.1 Å². The lowest BCUT2D eigenvalue weighted by Crippen LogP contribution is -2.38. The Hall–Kier alpha value is -2.67. The predicted octanol–water partition coefficient (Wildman–Crippen LogP) is 2.25. The number of esters is 1. The number of thiophene rings is 1. The van der Waals surface area contributed by atoms with E-state index in [0.29, 0.717) is 30.8 Å². The molecule has 2 aromatic rings. The molecule has 132 valence electrons. The maximum atomic E-state index is 11.9. The summed E-state index contributed by atoms with van der Waals surface area (Å²) in [7, 11) is 1.31. The second-order valence-electron chi connectivity index (χ2n) is 5.32. The van der Waals surface area contributed by atoms with Crippen molar-refractivity contribution in [1.82, 2.24) is 5.32 Å². The van der Waals surface area contributed by atoms with E-state index in [1.807, 2.05) is 17.5 Å². The van der Waals surface area contributed by atoms with E-state index in [9.17, 15) is 14.4 Å². The van der Waals surface area contributed by atoms with Gasteiger partial charge in [-0.05, 0) is 29.6 Å². The van der Waals surface area contributed by atoms with Gasteiger partial charge in [0.2, 0.25) is 11.8 Å². The van der Waals surface area contributed by atoms with Crippen molar-refractivity contribution in [3.05, 3.63) is 52.2 Å². The van der Waals surface area contributed by atoms with Crippen molar-refractivity contribution in [3.8, 4) is 0 Å². The van der Waals surface area contributed by atoms with Crippen LogP contribution in [0.4, 0.5) is 5.69 Å². The summed E-state index contributed by atoms with van der Waals surface area (Å²) in [5.74, 6) is -0.724. The molecule has 1 heterocycles. The number of carbonyl (C=O) groups is 3. The summed E-state index contributed by atoms with van der Waals surface area (Å²) in [5.41, 5.74) is 0.955. The van der Waals surface area contributed by atoms with Crippen LogP contribution in [0.25, 0.3) is 0 Å². The number of nitrogens with one attached hydrogen (secondary N) is 1. The summed E-state index contributed by atoms with van der Waals surface area (Å²) in [5, 5.41) is 4.73. The highest BCUT2D eigenvalue weighted by molar-refractivity contribution is 7.10. The van der Waals surface area contributed by atoms with Gasteiger partial charge in [-0.2, -0.15) is 0 Å². The van der Waals surface area contributed by atoms with Gasteiger partial charge in [-0.3, -0.25) is 9.59 Å². The standard InChI is InChI=1S/C18H20N2O4S/c1-13(21)20(15-6-3-5-14(11-15)18(23)24-2)9-8-19-17(22)12-16-7-4-10-25-16/h3-7,10-11H,8-9,12H2,1-2H3,(H,19,22). The molecular formula is C18H20N2O4S. The third kappa shape index (κ3) is 5.42. The van der Waals surface area contributed by atoms with Crippen LogP contribution in [0, 0.1) is 0 Å². The molecule has 1 N–H and O–H groups in total. The molecule has 0 fully saturated rings. The lowest BCUT2D eigenvalue weighted by atomic mass is 10.2. The van der Waals surface area contributed by atoms with Gasteiger partial charge in [0.15, 0.2) is 0 Å². The summed E-state index contributed by atoms with van der Waals surface area (Å²) in [6, 6.07) is 10.5. The number of rotatable bonds is 7. The van der Waals surface area contributed by atoms with E-state index in [2.05, 4.69) is 5.32 Å². The Labute approximate surface area is 150 Å². The van der Waals surface area contributed by atoms with Crippen LogP contribution in [-0.2, 0) is 20.7 Å². The van der Waals surface area contributed by atoms with Crippen molar-refractivity contribution in [2.75, 3.05) is 25.1 Å². The molecule has 0 radical (unpaired) electrons. The monoisotopic (exact) mass is 360 g/mol. The number of hydrogen-bond donors (Lipinski definition) is 1. The highest BCUT2D eigenvalue weighted by atomic mass is 32.1. The van der Waals surface area contributed by atoms with E-state index in [4.69, 9.17) is 4.74 Å². The van der Waals surface area contributed by atoms with Crippen LogP contribution in [0.15, 0.2) is 41.8 Å². The Balaban J connectivity index is 1.96. The van der Waals surface area contributed by atoms with Crippen molar-refractivity contribution >= 4 is 34.8 Å². The number of amides is 2. The number of hydrogen-bond acceptors (Lipinski definition) is 5. The SMILES string of the molecule is COC(=O)c1cccc(N(CCNC(=O)Cc2cccs2)C(C)=O)c1. The van der Waals surface area contributed by atoms with Crippen molar-refractivity contribution in [2.24, 2.45) is 0 Å². The van der Waals surface area contributed by atoms with Crippen LogP contribution >= 0.6 is 11.3 Å². The van der Waals surface area contributed by atoms with Gasteiger partial charge in [0.1, 0.15) is 0 Å². The molecule has 0 unspecified atom stereocenters. The summed E-state index contributed by atoms with van der Waals surface area (Å²) in [4.78, 5) is 38.0. The Morgan fingerprint density at radius 3 is 2.64 bits per heavy atom. The molecule has 0 atom stereocenters. The largest absolute Gasteiger partial charge is 0.465 e. The topological polar surface area (TPSA) is 75.7 Å². The molecule has 2 rings (SSSR count). The summed E-state index contributed by atoms with van der Waals surface area (Å²) < 4.78 is 4.70. The van der Waals surface area contributed by atoms with E-state index in [-0.39, 0.29) is 11.8 Å². The number of benzene rings is 1. The number of methoxy groups -OCH3 is 1. The van der Waals surface area contributed by atoms with Crippen LogP contribution in [0.5, 0.6) is 0 Å². The van der Waals surface area contributed by atoms with Crippen molar-refractivity contribution in [3.63, 3.8) is 0 Å². The van der Waals surface area contributed by atoms with Gasteiger partial charge in [-0.1, -0.05) is 12.1 Å². The first kappa shape index (κ1) is 18.7. The molecule has 0 saturated carbocycles. The van der Waals surface area contributed by atoms with Gasteiger partial charge in [0.05, 0.1) is 19.1 Å². The smallest absolute Gasteiger partial charge is 0.337 e. The fourth-order valence-electron chi connectivity index (χ4n) is 2.33. The molecule has 0 bridgehead atoms. The molecule has 25 heavy (non-hydrogen) atoms. The Morgan fingerprint density at radius 2 is 2.00 bits per heavy atom. The molecule has 0 aliphatic rings. The lowest BCUT2D eigenvalue weighted by molar-refractivity contribution is -0.120. The normalized spacial score (nSPS) is 10.2. The second-order valence-corrected chi connectivity index (χ2v) is 6.35. The Kier molecular flexibility index (Phi) is 6.71. The third-order valence-electron chi connectivity index (χ3n) is 3.53. The fourth-order valence-corrected chi connectivity index (χ4v) is 3.03. The van der Waals surface area contributed by atoms with Crippen LogP contribution in [-0.4, -0.2) is 38.0 Å². The van der Waals surface area contributed by atoms with Crippen LogP contribution in [0.3, 0.4) is 0 Å². The average Bonchev–Trinajstić information content (AvgIpc) is 3.10. The minimum atomic E-state index is -0.463. The lowest BCUT2D eigenvalue weighted by Gasteiger charge is -2.22. The third-order valence-corrected chi connectivity index (χ3v) is 4.41. The van der Waals surface area contributed by atoms with Gasteiger partial charge in [-0.25, -0.2) is 4.79 Å². The van der Waals surface area contributed by atoms with E-state index >= 15 is 0 Å². The highest BCUT2D eigenvalue weighted by Gasteiger charge is 2.14. The first-order valence-electron chi connectivity index (χ1n) is 7.77. The minimum absolute atomic E-state index is 0.0886. The van der Waals surface area contributed by atoms with Crippen molar-refractivity contribution in [1.29, 1.82) is 0 Å². The number of carbonyl (C=O) groups excluding carboxylic acids is 3. The zero-order valence-corrected chi connectivity index (χ0v) is 15.0. The fraction of sp³-hybridized carbons (Fsp3) is 0.278. The maximum absolute atomic E-state index is 11.9. The van der Waals surface area contributed by atoms with E-state index < -0.39 is 5.97 Å². The average molecular weight is 360 g/mol. The molecule has 0 aliphatic carbocycles. The van der Waals surface area contributed by atoms with E-state index in [1.165, 1.54) is 30.3 Å². The number of ether oxygens (including phenoxy) is 1. The molecule has 1 aromatic heterocycles. The first-order valence-corrected chi connectivity index (χ1v) is 8.65. The van der Waals surface area contributed by atoms with E-state index in [1.54, 1.807) is 24.3 Å². The highest BCUT2D eigenvalue weighted by Crippen LogP contribution is 2.17. The molecule has 0 aliphatic heterocycles.